The summed E-state index contributed by atoms with van der Waals surface area (Å²) >= 11 is 7.02. The summed E-state index contributed by atoms with van der Waals surface area (Å²) in [4.78, 5) is 0. The van der Waals surface area contributed by atoms with Gasteiger partial charge in [0, 0.05) is 8.96 Å². The highest BCUT2D eigenvalue weighted by Gasteiger charge is 2.19. The van der Waals surface area contributed by atoms with Crippen LogP contribution in [0.1, 0.15) is 36.2 Å². The van der Waals surface area contributed by atoms with E-state index in [0.29, 0.717) is 0 Å². The smallest absolute Gasteiger partial charge is 0.0868 e. The molecule has 140 valence electrons. The lowest BCUT2D eigenvalue weighted by atomic mass is 10.0. The van der Waals surface area contributed by atoms with Gasteiger partial charge in [-0.1, -0.05) is 130 Å². The second kappa shape index (κ2) is 11.9. The molecular formula is C24H24Br2O. The molecule has 0 aliphatic heterocycles. The number of ether oxygens (including phenoxy) is 1. The second-order valence-electron chi connectivity index (χ2n) is 5.99. The summed E-state index contributed by atoms with van der Waals surface area (Å²) < 4.78 is 8.55. The van der Waals surface area contributed by atoms with Gasteiger partial charge in [-0.3, -0.25) is 0 Å². The standard InChI is InChI=1S/C24H24Br2O/c1-3-21(25)15-17-23(19-11-7-5-8-12-19)27-24(18-16-22(26)4-2)20-13-9-6-10-14-20/h3-16,23-24H,1-2,17-18H2/b21-15-,22-16-. The van der Waals surface area contributed by atoms with Gasteiger partial charge in [-0.25, -0.2) is 0 Å². The quantitative estimate of drug-likeness (QED) is 0.307. The highest BCUT2D eigenvalue weighted by molar-refractivity contribution is 9.12. The molecule has 3 heteroatoms. The van der Waals surface area contributed by atoms with Gasteiger partial charge in [-0.2, -0.15) is 0 Å². The van der Waals surface area contributed by atoms with Crippen LogP contribution < -0.4 is 0 Å². The first-order chi connectivity index (χ1) is 13.1. The Kier molecular flexibility index (Phi) is 9.54. The fraction of sp³-hybridized carbons (Fsp3) is 0.167. The van der Waals surface area contributed by atoms with Crippen LogP contribution in [0.25, 0.3) is 0 Å². The minimum Gasteiger partial charge on any atom is -0.365 e. The normalized spacial score (nSPS) is 14.4. The third-order valence-electron chi connectivity index (χ3n) is 4.12. The van der Waals surface area contributed by atoms with Gasteiger partial charge < -0.3 is 4.74 Å². The molecule has 0 heterocycles. The molecule has 2 rings (SSSR count). The second-order valence-corrected chi connectivity index (χ2v) is 7.82. The highest BCUT2D eigenvalue weighted by Crippen LogP contribution is 2.33. The summed E-state index contributed by atoms with van der Waals surface area (Å²) in [5.41, 5.74) is 2.32. The monoisotopic (exact) mass is 486 g/mol. The van der Waals surface area contributed by atoms with E-state index >= 15 is 0 Å². The number of rotatable bonds is 10. The molecule has 0 saturated heterocycles. The zero-order chi connectivity index (χ0) is 19.5. The number of halogens is 2. The van der Waals surface area contributed by atoms with Crippen molar-refractivity contribution in [2.75, 3.05) is 0 Å². The molecule has 1 nitrogen and oxygen atoms in total. The summed E-state index contributed by atoms with van der Waals surface area (Å²) in [6.45, 7) is 7.60. The van der Waals surface area contributed by atoms with Crippen molar-refractivity contribution in [3.8, 4) is 0 Å². The Labute approximate surface area is 179 Å². The third-order valence-corrected chi connectivity index (χ3v) is 5.41. The number of hydrogen-bond donors (Lipinski definition) is 0. The summed E-state index contributed by atoms with van der Waals surface area (Å²) in [6.07, 6.45) is 9.18. The Balaban J connectivity index is 2.30. The van der Waals surface area contributed by atoms with Crippen LogP contribution in [0.5, 0.6) is 0 Å². The Morgan fingerprint density at radius 2 is 1.11 bits per heavy atom. The van der Waals surface area contributed by atoms with Crippen molar-refractivity contribution >= 4 is 31.9 Å². The molecule has 0 spiro atoms. The van der Waals surface area contributed by atoms with Gasteiger partial charge in [0.05, 0.1) is 12.2 Å². The van der Waals surface area contributed by atoms with E-state index in [4.69, 9.17) is 4.74 Å². The molecule has 2 unspecified atom stereocenters. The Morgan fingerprint density at radius 1 is 0.741 bits per heavy atom. The topological polar surface area (TPSA) is 9.23 Å². The minimum absolute atomic E-state index is 0.0557. The van der Waals surface area contributed by atoms with Gasteiger partial charge in [0.1, 0.15) is 0 Å². The third kappa shape index (κ3) is 7.45. The van der Waals surface area contributed by atoms with Crippen molar-refractivity contribution in [1.82, 2.24) is 0 Å². The van der Waals surface area contributed by atoms with Gasteiger partial charge in [0.15, 0.2) is 0 Å². The van der Waals surface area contributed by atoms with E-state index in [1.807, 2.05) is 36.4 Å². The van der Waals surface area contributed by atoms with E-state index in [-0.39, 0.29) is 12.2 Å². The van der Waals surface area contributed by atoms with E-state index in [0.717, 1.165) is 32.9 Å². The first-order valence-corrected chi connectivity index (χ1v) is 10.4. The highest BCUT2D eigenvalue weighted by atomic mass is 79.9. The average Bonchev–Trinajstić information content (AvgIpc) is 2.73. The van der Waals surface area contributed by atoms with Gasteiger partial charge in [-0.05, 0) is 24.0 Å². The van der Waals surface area contributed by atoms with Crippen molar-refractivity contribution < 1.29 is 4.74 Å². The van der Waals surface area contributed by atoms with Gasteiger partial charge in [0.25, 0.3) is 0 Å². The molecule has 2 atom stereocenters. The molecule has 0 aliphatic carbocycles. The molecular weight excluding hydrogens is 464 g/mol. The largest absolute Gasteiger partial charge is 0.365 e. The van der Waals surface area contributed by atoms with Crippen molar-refractivity contribution in [2.45, 2.75) is 25.0 Å². The van der Waals surface area contributed by atoms with E-state index in [9.17, 15) is 0 Å². The van der Waals surface area contributed by atoms with Crippen molar-refractivity contribution in [3.63, 3.8) is 0 Å². The van der Waals surface area contributed by atoms with Crippen LogP contribution in [0.15, 0.2) is 107 Å². The summed E-state index contributed by atoms with van der Waals surface area (Å²) in [5.74, 6) is 0. The lowest BCUT2D eigenvalue weighted by Crippen LogP contribution is -2.10. The van der Waals surface area contributed by atoms with Crippen LogP contribution in [0.2, 0.25) is 0 Å². The van der Waals surface area contributed by atoms with E-state index in [2.05, 4.69) is 81.4 Å². The summed E-state index contributed by atoms with van der Waals surface area (Å²) in [7, 11) is 0. The Hall–Kier alpha value is -1.68. The van der Waals surface area contributed by atoms with Crippen LogP contribution in [0.4, 0.5) is 0 Å². The molecule has 2 aromatic rings. The zero-order valence-corrected chi connectivity index (χ0v) is 18.4. The Morgan fingerprint density at radius 3 is 1.44 bits per heavy atom. The van der Waals surface area contributed by atoms with Gasteiger partial charge >= 0.3 is 0 Å². The van der Waals surface area contributed by atoms with E-state index in [1.54, 1.807) is 12.2 Å². The maximum absolute atomic E-state index is 6.61. The molecule has 0 fully saturated rings. The van der Waals surface area contributed by atoms with Gasteiger partial charge in [-0.15, -0.1) is 0 Å². The van der Waals surface area contributed by atoms with Crippen molar-refractivity contribution in [2.24, 2.45) is 0 Å². The minimum atomic E-state index is -0.0557. The molecule has 2 aromatic carbocycles. The molecule has 0 saturated carbocycles. The van der Waals surface area contributed by atoms with Crippen LogP contribution in [0.3, 0.4) is 0 Å². The maximum atomic E-state index is 6.61. The number of benzene rings is 2. The predicted molar refractivity (Wildman–Crippen MR) is 123 cm³/mol. The fourth-order valence-electron chi connectivity index (χ4n) is 2.68. The first-order valence-electron chi connectivity index (χ1n) is 8.85. The van der Waals surface area contributed by atoms with Crippen LogP contribution >= 0.6 is 31.9 Å². The van der Waals surface area contributed by atoms with Gasteiger partial charge in [0.2, 0.25) is 0 Å². The summed E-state index contributed by atoms with van der Waals surface area (Å²) in [6, 6.07) is 20.7. The lowest BCUT2D eigenvalue weighted by Gasteiger charge is -2.25. The molecule has 0 radical (unpaired) electrons. The number of hydrogen-bond acceptors (Lipinski definition) is 1. The van der Waals surface area contributed by atoms with Crippen LogP contribution in [-0.4, -0.2) is 0 Å². The van der Waals surface area contributed by atoms with Crippen molar-refractivity contribution in [1.29, 1.82) is 0 Å². The van der Waals surface area contributed by atoms with Crippen molar-refractivity contribution in [3.05, 3.63) is 118 Å². The van der Waals surface area contributed by atoms with Crippen LogP contribution in [0, 0.1) is 0 Å². The maximum Gasteiger partial charge on any atom is 0.0868 e. The SMILES string of the molecule is C=C/C(Br)=C/CC(OC(C/C=C(\Br)C=C)c1ccccc1)c1ccccc1. The molecule has 0 N–H and O–H groups in total. The molecule has 0 aliphatic rings. The lowest BCUT2D eigenvalue weighted by molar-refractivity contribution is -0.0121. The Bertz CT molecular complexity index is 711. The molecule has 0 amide bonds. The first kappa shape index (κ1) is 21.6. The number of allylic oxidation sites excluding steroid dienone is 4. The van der Waals surface area contributed by atoms with E-state index in [1.165, 1.54) is 0 Å². The van der Waals surface area contributed by atoms with E-state index < -0.39 is 0 Å². The summed E-state index contributed by atoms with van der Waals surface area (Å²) in [5, 5.41) is 0. The zero-order valence-electron chi connectivity index (χ0n) is 15.2. The fourth-order valence-corrected chi connectivity index (χ4v) is 3.05. The van der Waals surface area contributed by atoms with Crippen LogP contribution in [-0.2, 0) is 4.74 Å². The molecule has 0 aromatic heterocycles. The average molecular weight is 488 g/mol. The molecule has 27 heavy (non-hydrogen) atoms. The molecule has 0 bridgehead atoms. The predicted octanol–water partition coefficient (Wildman–Crippen LogP) is 8.20.